The van der Waals surface area contributed by atoms with Crippen molar-refractivity contribution in [1.29, 1.82) is 0 Å². The summed E-state index contributed by atoms with van der Waals surface area (Å²) in [6.45, 7) is 9.63. The van der Waals surface area contributed by atoms with Gasteiger partial charge in [-0.3, -0.25) is 37.3 Å². The second kappa shape index (κ2) is 73.6. The zero-order valence-corrected chi connectivity index (χ0v) is 68.0. The largest absolute Gasteiger partial charge is 0.472 e. The average Bonchev–Trinajstić information content (AvgIpc) is 0.937. The number of hydrogen-bond donors (Lipinski definition) is 3. The molecular weight excluding hydrogens is 1320 g/mol. The first-order valence-corrected chi connectivity index (χ1v) is 45.5. The molecule has 0 bridgehead atoms. The second-order valence-electron chi connectivity index (χ2n) is 30.5. The van der Waals surface area contributed by atoms with Crippen molar-refractivity contribution < 1.29 is 80.2 Å². The number of hydrogen-bond acceptors (Lipinski definition) is 15. The summed E-state index contributed by atoms with van der Waals surface area (Å²) in [6.07, 6.45) is 63.8. The minimum Gasteiger partial charge on any atom is -0.462 e. The number of rotatable bonds is 81. The first-order chi connectivity index (χ1) is 48.9. The lowest BCUT2D eigenvalue weighted by molar-refractivity contribution is -0.161. The Morgan fingerprint density at radius 2 is 0.455 bits per heavy atom. The van der Waals surface area contributed by atoms with E-state index in [1.807, 2.05) is 0 Å². The number of unbranched alkanes of at least 4 members (excludes halogenated alkanes) is 51. The Hall–Kier alpha value is -1.94. The van der Waals surface area contributed by atoms with Crippen LogP contribution >= 0.6 is 15.6 Å². The molecule has 0 aromatic heterocycles. The van der Waals surface area contributed by atoms with Crippen LogP contribution in [0, 0.1) is 11.8 Å². The lowest BCUT2D eigenvalue weighted by Crippen LogP contribution is -2.30. The molecule has 101 heavy (non-hydrogen) atoms. The van der Waals surface area contributed by atoms with Crippen LogP contribution in [-0.4, -0.2) is 96.7 Å². The molecule has 2 unspecified atom stereocenters. The van der Waals surface area contributed by atoms with Gasteiger partial charge in [-0.25, -0.2) is 9.13 Å². The minimum atomic E-state index is -4.96. The number of carbonyl (C=O) groups is 4. The third kappa shape index (κ3) is 76.1. The van der Waals surface area contributed by atoms with E-state index in [2.05, 4.69) is 41.5 Å². The molecule has 17 nitrogen and oxygen atoms in total. The molecule has 3 N–H and O–H groups in total. The molecule has 0 aromatic carbocycles. The molecule has 0 aliphatic heterocycles. The Labute approximate surface area is 619 Å². The summed E-state index contributed by atoms with van der Waals surface area (Å²) >= 11 is 0. The van der Waals surface area contributed by atoms with Crippen molar-refractivity contribution in [3.8, 4) is 0 Å². The highest BCUT2D eigenvalue weighted by Gasteiger charge is 2.30. The van der Waals surface area contributed by atoms with Crippen molar-refractivity contribution >= 4 is 39.5 Å². The molecule has 0 saturated carbocycles. The predicted molar refractivity (Wildman–Crippen MR) is 414 cm³/mol. The Morgan fingerprint density at radius 3 is 0.673 bits per heavy atom. The van der Waals surface area contributed by atoms with Crippen LogP contribution in [0.1, 0.15) is 433 Å². The van der Waals surface area contributed by atoms with Gasteiger partial charge in [0.15, 0.2) is 12.2 Å². The van der Waals surface area contributed by atoms with Gasteiger partial charge in [0.2, 0.25) is 0 Å². The lowest BCUT2D eigenvalue weighted by Gasteiger charge is -2.21. The average molecular weight is 1480 g/mol. The molecule has 600 valence electrons. The summed E-state index contributed by atoms with van der Waals surface area (Å²) in [5.41, 5.74) is 0. The highest BCUT2D eigenvalue weighted by molar-refractivity contribution is 7.47. The first kappa shape index (κ1) is 99.1. The van der Waals surface area contributed by atoms with Crippen LogP contribution in [0.3, 0.4) is 0 Å². The molecule has 0 rings (SSSR count). The maximum absolute atomic E-state index is 13.1. The van der Waals surface area contributed by atoms with E-state index in [1.54, 1.807) is 0 Å². The molecule has 0 spiro atoms. The van der Waals surface area contributed by atoms with Crippen molar-refractivity contribution in [3.05, 3.63) is 0 Å². The van der Waals surface area contributed by atoms with Gasteiger partial charge in [-0.05, 0) is 37.5 Å². The summed E-state index contributed by atoms with van der Waals surface area (Å²) in [5, 5.41) is 10.6. The smallest absolute Gasteiger partial charge is 0.462 e. The van der Waals surface area contributed by atoms with Gasteiger partial charge in [0.1, 0.15) is 19.3 Å². The van der Waals surface area contributed by atoms with Crippen molar-refractivity contribution in [3.63, 3.8) is 0 Å². The molecule has 0 saturated heterocycles. The van der Waals surface area contributed by atoms with Gasteiger partial charge in [0, 0.05) is 25.7 Å². The van der Waals surface area contributed by atoms with E-state index >= 15 is 0 Å². The summed E-state index contributed by atoms with van der Waals surface area (Å²) in [4.78, 5) is 73.1. The second-order valence-corrected chi connectivity index (χ2v) is 33.4. The van der Waals surface area contributed by atoms with Gasteiger partial charge in [-0.15, -0.1) is 0 Å². The van der Waals surface area contributed by atoms with Gasteiger partial charge in [0.25, 0.3) is 0 Å². The molecule has 5 atom stereocenters. The van der Waals surface area contributed by atoms with Crippen molar-refractivity contribution in [2.75, 3.05) is 39.6 Å². The first-order valence-electron chi connectivity index (χ1n) is 42.5. The van der Waals surface area contributed by atoms with Crippen molar-refractivity contribution in [2.24, 2.45) is 11.8 Å². The maximum atomic E-state index is 13.1. The molecule has 0 aliphatic rings. The fourth-order valence-corrected chi connectivity index (χ4v) is 14.3. The summed E-state index contributed by atoms with van der Waals surface area (Å²) in [7, 11) is -9.92. The van der Waals surface area contributed by atoms with Crippen LogP contribution in [0.2, 0.25) is 0 Å². The van der Waals surface area contributed by atoms with Crippen LogP contribution in [0.25, 0.3) is 0 Å². The van der Waals surface area contributed by atoms with Gasteiger partial charge in [-0.2, -0.15) is 0 Å². The molecule has 0 heterocycles. The molecule has 0 amide bonds. The monoisotopic (exact) mass is 1480 g/mol. The number of carbonyl (C=O) groups excluding carboxylic acids is 4. The highest BCUT2D eigenvalue weighted by atomic mass is 31.2. The van der Waals surface area contributed by atoms with Gasteiger partial charge in [0.05, 0.1) is 26.4 Å². The Morgan fingerprint density at radius 1 is 0.267 bits per heavy atom. The van der Waals surface area contributed by atoms with Crippen LogP contribution in [0.5, 0.6) is 0 Å². The van der Waals surface area contributed by atoms with Crippen LogP contribution in [0.4, 0.5) is 0 Å². The van der Waals surface area contributed by atoms with Crippen LogP contribution in [0.15, 0.2) is 0 Å². The van der Waals surface area contributed by atoms with E-state index in [-0.39, 0.29) is 25.7 Å². The quantitative estimate of drug-likeness (QED) is 0.0222. The van der Waals surface area contributed by atoms with Crippen LogP contribution in [-0.2, 0) is 65.4 Å². The zero-order valence-electron chi connectivity index (χ0n) is 66.2. The zero-order chi connectivity index (χ0) is 74.2. The summed E-state index contributed by atoms with van der Waals surface area (Å²) < 4.78 is 68.8. The van der Waals surface area contributed by atoms with E-state index in [9.17, 15) is 43.2 Å². The minimum absolute atomic E-state index is 0.108. The fraction of sp³-hybridized carbons (Fsp3) is 0.951. The SMILES string of the molecule is CCCCCCCCCCCCCCCCCCCCCCCC(=O)O[C@H](COC(=O)CCCCCCCCCCCCCC(C)C)COP(=O)(O)OC[C@@H](O)COP(=O)(O)OC[C@@H](COC(=O)CCCCCCCCCCCC(C)C)OC(=O)CCCCCCCCCCCCCCCC. The van der Waals surface area contributed by atoms with E-state index in [1.165, 1.54) is 250 Å². The standard InChI is InChI=1S/C82H160O17P2/c1-7-9-11-13-15-17-19-21-23-24-25-26-27-28-29-31-35-42-49-55-61-67-82(87)98-77(70-92-79(84)64-58-52-46-40-36-32-33-38-44-50-56-62-74(3)4)72-96-100(88,89)94-68-76(83)69-95-101(90,91)97-73-78(71-93-80(85)65-59-53-47-43-37-39-45-51-57-63-75(5)6)99-81(86)66-60-54-48-41-34-30-22-20-18-16-14-12-10-8-2/h74-78,83H,7-73H2,1-6H3,(H,88,89)(H,90,91)/t76-,77-,78-/m1/s1. The van der Waals surface area contributed by atoms with E-state index in [4.69, 9.17) is 37.0 Å². The van der Waals surface area contributed by atoms with Gasteiger partial charge in [-0.1, -0.05) is 382 Å². The molecule has 0 radical (unpaired) electrons. The highest BCUT2D eigenvalue weighted by Crippen LogP contribution is 2.45. The molecular formula is C82H160O17P2. The number of phosphoric ester groups is 2. The Kier molecular flexibility index (Phi) is 72.2. The van der Waals surface area contributed by atoms with Crippen LogP contribution < -0.4 is 0 Å². The summed E-state index contributed by atoms with van der Waals surface area (Å²) in [6, 6.07) is 0. The van der Waals surface area contributed by atoms with Crippen molar-refractivity contribution in [1.82, 2.24) is 0 Å². The van der Waals surface area contributed by atoms with Crippen molar-refractivity contribution in [2.45, 2.75) is 452 Å². The Balaban J connectivity index is 5.23. The summed E-state index contributed by atoms with van der Waals surface area (Å²) in [5.74, 6) is -0.592. The number of aliphatic hydroxyl groups is 1. The lowest BCUT2D eigenvalue weighted by atomic mass is 10.0. The maximum Gasteiger partial charge on any atom is 0.472 e. The molecule has 0 aromatic rings. The van der Waals surface area contributed by atoms with E-state index < -0.39 is 97.5 Å². The topological polar surface area (TPSA) is 237 Å². The Bertz CT molecular complexity index is 1940. The number of ether oxygens (including phenoxy) is 4. The fourth-order valence-electron chi connectivity index (χ4n) is 12.7. The normalized spacial score (nSPS) is 13.9. The van der Waals surface area contributed by atoms with E-state index in [0.29, 0.717) is 25.7 Å². The van der Waals surface area contributed by atoms with E-state index in [0.717, 1.165) is 102 Å². The number of esters is 4. The number of aliphatic hydroxyl groups excluding tert-OH is 1. The predicted octanol–water partition coefficient (Wildman–Crippen LogP) is 24.7. The third-order valence-corrected chi connectivity index (χ3v) is 21.1. The third-order valence-electron chi connectivity index (χ3n) is 19.2. The van der Waals surface area contributed by atoms with Gasteiger partial charge >= 0.3 is 39.5 Å². The molecule has 0 aliphatic carbocycles. The molecule has 0 fully saturated rings. The van der Waals surface area contributed by atoms with Gasteiger partial charge < -0.3 is 33.8 Å². The molecule has 19 heteroatoms. The number of phosphoric acid groups is 2.